The number of nitrogens with zero attached hydrogens (tertiary/aromatic N) is 6. The Labute approximate surface area is 339 Å². The topological polar surface area (TPSA) is 162 Å². The van der Waals surface area contributed by atoms with E-state index in [1.54, 1.807) is 13.8 Å². The third-order valence-corrected chi connectivity index (χ3v) is 11.7. The van der Waals surface area contributed by atoms with E-state index in [0.29, 0.717) is 50.0 Å². The van der Waals surface area contributed by atoms with Gasteiger partial charge in [-0.2, -0.15) is 0 Å². The van der Waals surface area contributed by atoms with Crippen molar-refractivity contribution >= 4 is 80.3 Å². The Kier molecular flexibility index (Phi) is 16.1. The van der Waals surface area contributed by atoms with E-state index < -0.39 is 0 Å². The molecule has 2 aliphatic rings. The third-order valence-electron chi connectivity index (χ3n) is 9.43. The van der Waals surface area contributed by atoms with Gasteiger partial charge in [-0.05, 0) is 52.4 Å². The molecular formula is C42H58N8O4S2. The van der Waals surface area contributed by atoms with Gasteiger partial charge < -0.3 is 19.4 Å². The number of aromatic amines is 2. The lowest BCUT2D eigenvalue weighted by Gasteiger charge is -2.07. The molecule has 5 heterocycles. The summed E-state index contributed by atoms with van der Waals surface area (Å²) in [6.07, 6.45) is 10.4. The molecule has 2 N–H and O–H groups in total. The van der Waals surface area contributed by atoms with Crippen molar-refractivity contribution in [3.8, 4) is 0 Å². The maximum atomic E-state index is 12.8. The monoisotopic (exact) mass is 802 g/mol. The minimum absolute atomic E-state index is 0.0525. The largest absolute Gasteiger partial charge is 0.465 e. The van der Waals surface area contributed by atoms with E-state index in [1.165, 1.54) is 23.5 Å². The molecular weight excluding hydrogens is 745 g/mol. The van der Waals surface area contributed by atoms with Crippen molar-refractivity contribution < 1.29 is 19.1 Å². The maximum Gasteiger partial charge on any atom is 0.316 e. The standard InChI is InChI=1S/C42H58N8O4S2/c1-9-17-25-26(18-10-2)36-43-35(25)44-37-27(19-11-3)29(21-13-5)39(46-37)48-41-33(55-23-31(51)53-15-7)34(56-24-32(52)54-16-8)42(50-41)49-40-30(22-14-6)28(20-12-4)38(45-36)47-40/h9-24H2,1-8H3,(H2,43,44,45,46,47,48,49,50). The average molecular weight is 803 g/mol. The summed E-state index contributed by atoms with van der Waals surface area (Å²) in [5.41, 5.74) is 9.12. The molecule has 8 bridgehead atoms. The molecule has 0 aromatic carbocycles. The number of hydrogen-bond donors (Lipinski definition) is 2. The number of aromatic nitrogens is 8. The first-order valence-electron chi connectivity index (χ1n) is 20.5. The predicted molar refractivity (Wildman–Crippen MR) is 228 cm³/mol. The number of hydrogen-bond acceptors (Lipinski definition) is 12. The van der Waals surface area contributed by atoms with Crippen molar-refractivity contribution in [2.45, 2.75) is 142 Å². The average Bonchev–Trinajstić information content (AvgIpc) is 3.86. The number of fused-ring (bicyclic) bond motifs is 8. The predicted octanol–water partition coefficient (Wildman–Crippen LogP) is 10.1. The second kappa shape index (κ2) is 20.9. The van der Waals surface area contributed by atoms with Crippen molar-refractivity contribution in [3.63, 3.8) is 0 Å². The fourth-order valence-electron chi connectivity index (χ4n) is 7.17. The molecule has 0 spiro atoms. The zero-order chi connectivity index (χ0) is 40.2. The highest BCUT2D eigenvalue weighted by Gasteiger charge is 2.27. The lowest BCUT2D eigenvalue weighted by atomic mass is 10.00. The fourth-order valence-corrected chi connectivity index (χ4v) is 9.13. The second-order valence-corrected chi connectivity index (χ2v) is 15.8. The Morgan fingerprint density at radius 3 is 1.14 bits per heavy atom. The molecule has 14 heteroatoms. The molecule has 3 aromatic heterocycles. The van der Waals surface area contributed by atoms with Crippen molar-refractivity contribution in [1.29, 1.82) is 0 Å². The zero-order valence-electron chi connectivity index (χ0n) is 34.4. The molecule has 0 fully saturated rings. The molecule has 0 saturated heterocycles. The van der Waals surface area contributed by atoms with E-state index in [-0.39, 0.29) is 36.7 Å². The summed E-state index contributed by atoms with van der Waals surface area (Å²) in [5.74, 6) is 2.01. The highest BCUT2D eigenvalue weighted by atomic mass is 32.2. The van der Waals surface area contributed by atoms with Crippen LogP contribution < -0.4 is 0 Å². The van der Waals surface area contributed by atoms with E-state index in [0.717, 1.165) is 116 Å². The number of rotatable bonds is 20. The minimum Gasteiger partial charge on any atom is -0.465 e. The van der Waals surface area contributed by atoms with E-state index in [4.69, 9.17) is 39.4 Å². The normalized spacial score (nSPS) is 12.9. The maximum absolute atomic E-state index is 12.8. The summed E-state index contributed by atoms with van der Waals surface area (Å²) in [5, 5.41) is 0. The molecule has 3 aromatic rings. The van der Waals surface area contributed by atoms with Crippen LogP contribution in [-0.4, -0.2) is 76.5 Å². The molecule has 5 rings (SSSR count). The van der Waals surface area contributed by atoms with Gasteiger partial charge in [-0.15, -0.1) is 23.5 Å². The number of thioether (sulfide) groups is 2. The number of carbonyl (C=O) groups is 2. The Morgan fingerprint density at radius 1 is 0.446 bits per heavy atom. The number of allylic oxidation sites excluding steroid dienone is 4. The second-order valence-electron chi connectivity index (χ2n) is 13.8. The number of ether oxygens (including phenoxy) is 2. The Balaban J connectivity index is 1.99. The van der Waals surface area contributed by atoms with Crippen molar-refractivity contribution in [3.05, 3.63) is 34.4 Å². The number of aryl methyl sites for hydroxylation is 2. The van der Waals surface area contributed by atoms with Gasteiger partial charge in [0, 0.05) is 33.4 Å². The highest BCUT2D eigenvalue weighted by Crippen LogP contribution is 2.40. The summed E-state index contributed by atoms with van der Waals surface area (Å²) in [4.78, 5) is 65.6. The minimum atomic E-state index is -0.343. The van der Waals surface area contributed by atoms with Crippen LogP contribution in [0.1, 0.15) is 154 Å². The number of carbonyl (C=O) groups excluding carboxylic acids is 2. The van der Waals surface area contributed by atoms with Crippen LogP contribution >= 0.6 is 23.5 Å². The molecule has 12 nitrogen and oxygen atoms in total. The van der Waals surface area contributed by atoms with Crippen molar-refractivity contribution in [1.82, 2.24) is 39.9 Å². The van der Waals surface area contributed by atoms with Gasteiger partial charge in [-0.1, -0.05) is 80.1 Å². The van der Waals surface area contributed by atoms with Crippen LogP contribution in [0.15, 0.2) is 9.79 Å². The van der Waals surface area contributed by atoms with Crippen molar-refractivity contribution in [2.24, 2.45) is 0 Å². The molecule has 0 radical (unpaired) electrons. The van der Waals surface area contributed by atoms with Crippen LogP contribution in [0, 0.1) is 0 Å². The van der Waals surface area contributed by atoms with Crippen LogP contribution in [-0.2, 0) is 31.9 Å². The van der Waals surface area contributed by atoms with Crippen LogP contribution in [0.25, 0.3) is 44.9 Å². The number of nitrogens with one attached hydrogen (secondary N) is 2. The van der Waals surface area contributed by atoms with E-state index >= 15 is 0 Å². The zero-order valence-corrected chi connectivity index (χ0v) is 36.1. The quantitative estimate of drug-likeness (QED) is 0.0823. The van der Waals surface area contributed by atoms with Gasteiger partial charge in [0.05, 0.1) is 34.5 Å². The van der Waals surface area contributed by atoms with Crippen LogP contribution in [0.2, 0.25) is 0 Å². The Bertz CT molecular complexity index is 2120. The molecule has 0 atom stereocenters. The molecule has 302 valence electrons. The third kappa shape index (κ3) is 9.90. The summed E-state index contributed by atoms with van der Waals surface area (Å²) in [7, 11) is 0. The first-order chi connectivity index (χ1) is 27.2. The van der Waals surface area contributed by atoms with Gasteiger partial charge in [0.15, 0.2) is 23.3 Å². The van der Waals surface area contributed by atoms with Crippen molar-refractivity contribution in [2.75, 3.05) is 24.7 Å². The number of H-pyrrole nitrogens is 2. The summed E-state index contributed by atoms with van der Waals surface area (Å²) in [6, 6.07) is 0. The summed E-state index contributed by atoms with van der Waals surface area (Å²) >= 11 is 2.63. The van der Waals surface area contributed by atoms with Crippen LogP contribution in [0.5, 0.6) is 0 Å². The summed E-state index contributed by atoms with van der Waals surface area (Å²) < 4.78 is 10.7. The summed E-state index contributed by atoms with van der Waals surface area (Å²) in [6.45, 7) is 17.2. The first-order valence-corrected chi connectivity index (χ1v) is 22.5. The van der Waals surface area contributed by atoms with Gasteiger partial charge in [-0.3, -0.25) is 9.59 Å². The van der Waals surface area contributed by atoms with Gasteiger partial charge >= 0.3 is 11.9 Å². The van der Waals surface area contributed by atoms with E-state index in [2.05, 4.69) is 51.5 Å². The molecule has 0 aliphatic carbocycles. The lowest BCUT2D eigenvalue weighted by molar-refractivity contribution is -0.140. The van der Waals surface area contributed by atoms with Gasteiger partial charge in [-0.25, -0.2) is 29.9 Å². The van der Waals surface area contributed by atoms with E-state index in [1.807, 2.05) is 0 Å². The Morgan fingerprint density at radius 2 is 0.768 bits per heavy atom. The first kappa shape index (κ1) is 43.1. The van der Waals surface area contributed by atoms with Crippen LogP contribution in [0.4, 0.5) is 0 Å². The molecule has 2 aliphatic heterocycles. The Hall–Kier alpha value is -4.04. The molecule has 0 unspecified atom stereocenters. The van der Waals surface area contributed by atoms with Gasteiger partial charge in [0.25, 0.3) is 0 Å². The lowest BCUT2D eigenvalue weighted by Crippen LogP contribution is -2.07. The fraction of sp³-hybridized carbons (Fsp3) is 0.571. The van der Waals surface area contributed by atoms with Gasteiger partial charge in [0.1, 0.15) is 22.6 Å². The molecule has 0 saturated carbocycles. The highest BCUT2D eigenvalue weighted by molar-refractivity contribution is 8.03. The van der Waals surface area contributed by atoms with E-state index in [9.17, 15) is 9.59 Å². The SMILES string of the molecule is CCCC1=C(CCC)c2nc1nc1nc(nc3[nH]c(nc4[nH]c(n2)c(CCC)c4CCC)c(SCC(=O)OCC)c3SCC(=O)OCC)C(CCC)=C1CCC. The number of esters is 2. The molecule has 0 amide bonds. The van der Waals surface area contributed by atoms with Gasteiger partial charge in [0.2, 0.25) is 0 Å². The van der Waals surface area contributed by atoms with Crippen LogP contribution in [0.3, 0.4) is 0 Å². The molecule has 56 heavy (non-hydrogen) atoms. The smallest absolute Gasteiger partial charge is 0.316 e.